The van der Waals surface area contributed by atoms with E-state index in [2.05, 4.69) is 9.97 Å². The lowest BCUT2D eigenvalue weighted by Crippen LogP contribution is -1.99. The summed E-state index contributed by atoms with van der Waals surface area (Å²) in [5.41, 5.74) is 10.0. The Morgan fingerprint density at radius 1 is 0.304 bits per heavy atom. The average molecular weight is 737 g/mol. The van der Waals surface area contributed by atoms with Crippen LogP contribution in [0.15, 0.2) is 146 Å². The minimum absolute atomic E-state index is 0.630. The van der Waals surface area contributed by atoms with Gasteiger partial charge < -0.3 is 18.9 Å². The predicted octanol–water partition coefficient (Wildman–Crippen LogP) is 9.76. The highest BCUT2D eigenvalue weighted by Crippen LogP contribution is 2.40. The molecule has 6 aromatic heterocycles. The van der Waals surface area contributed by atoms with Crippen LogP contribution in [0.25, 0.3) is 79.2 Å². The van der Waals surface area contributed by atoms with Crippen molar-refractivity contribution >= 4 is 0 Å². The van der Waals surface area contributed by atoms with Crippen LogP contribution in [-0.2, 0) is 0 Å². The second-order valence-electron chi connectivity index (χ2n) is 12.6. The Morgan fingerprint density at radius 2 is 0.607 bits per heavy atom. The lowest BCUT2D eigenvalue weighted by molar-refractivity contribution is 0.397. The van der Waals surface area contributed by atoms with Gasteiger partial charge in [0.15, 0.2) is 0 Å². The molecule has 0 N–H and O–H groups in total. The molecule has 0 atom stereocenters. The number of methoxy groups -OCH3 is 4. The number of rotatable bonds is 11. The first-order valence-corrected chi connectivity index (χ1v) is 17.8. The van der Waals surface area contributed by atoms with Crippen molar-refractivity contribution in [1.29, 1.82) is 0 Å². The van der Waals surface area contributed by atoms with Gasteiger partial charge in [0.25, 0.3) is 0 Å². The fraction of sp³-hybridized carbons (Fsp3) is 0.0870. The number of ether oxygens (including phenoxy) is 4. The van der Waals surface area contributed by atoms with Crippen LogP contribution >= 0.6 is 0 Å². The van der Waals surface area contributed by atoms with Gasteiger partial charge in [-0.3, -0.25) is 9.97 Å². The average Bonchev–Trinajstić information content (AvgIpc) is 3.28. The Labute approximate surface area is 324 Å². The van der Waals surface area contributed by atoms with Crippen molar-refractivity contribution in [1.82, 2.24) is 29.9 Å². The van der Waals surface area contributed by atoms with Gasteiger partial charge in [0, 0.05) is 12.4 Å². The van der Waals surface area contributed by atoms with Crippen LogP contribution in [0, 0.1) is 0 Å². The van der Waals surface area contributed by atoms with E-state index in [-0.39, 0.29) is 0 Å². The highest BCUT2D eigenvalue weighted by Gasteiger charge is 2.19. The van der Waals surface area contributed by atoms with E-state index < -0.39 is 0 Å². The van der Waals surface area contributed by atoms with Gasteiger partial charge in [-0.15, -0.1) is 0 Å². The van der Waals surface area contributed by atoms with E-state index >= 15 is 0 Å². The van der Waals surface area contributed by atoms with Crippen molar-refractivity contribution < 1.29 is 18.9 Å². The van der Waals surface area contributed by atoms with Crippen LogP contribution in [0.5, 0.6) is 23.0 Å². The normalized spacial score (nSPS) is 10.9. The number of aromatic nitrogens is 6. The molecule has 10 nitrogen and oxygen atoms in total. The molecule has 56 heavy (non-hydrogen) atoms. The van der Waals surface area contributed by atoms with Crippen LogP contribution in [-0.4, -0.2) is 58.3 Å². The summed E-state index contributed by atoms with van der Waals surface area (Å²) in [6.45, 7) is 0. The second kappa shape index (κ2) is 15.9. The number of benzene rings is 2. The number of hydrogen-bond donors (Lipinski definition) is 0. The predicted molar refractivity (Wildman–Crippen MR) is 217 cm³/mol. The SMILES string of the molecule is COc1cccc(OC)c1-c1cccc(-c2cc(-c3cc(-c4ccccn4)nc(-c4ccccn4)c3)cc(-c3cccc(-c4c(OC)cccc4OC)n3)n2)n1. The number of nitrogens with zero attached hydrogens (tertiary/aromatic N) is 6. The molecule has 0 bridgehead atoms. The summed E-state index contributed by atoms with van der Waals surface area (Å²) in [6, 6.07) is 42.7. The zero-order valence-electron chi connectivity index (χ0n) is 31.2. The molecule has 0 radical (unpaired) electrons. The molecule has 10 heteroatoms. The lowest BCUT2D eigenvalue weighted by Gasteiger charge is -2.15. The van der Waals surface area contributed by atoms with E-state index in [4.69, 9.17) is 38.9 Å². The van der Waals surface area contributed by atoms with Crippen LogP contribution in [0.3, 0.4) is 0 Å². The molecular weight excluding hydrogens is 701 g/mol. The van der Waals surface area contributed by atoms with E-state index in [0.717, 1.165) is 33.6 Å². The van der Waals surface area contributed by atoms with Gasteiger partial charge in [-0.05, 0) is 108 Å². The van der Waals surface area contributed by atoms with E-state index in [1.807, 2.05) is 133 Å². The molecule has 8 rings (SSSR count). The maximum atomic E-state index is 5.74. The molecule has 0 saturated heterocycles. The van der Waals surface area contributed by atoms with Gasteiger partial charge in [-0.25, -0.2) is 19.9 Å². The largest absolute Gasteiger partial charge is 0.496 e. The topological polar surface area (TPSA) is 114 Å². The molecule has 0 aliphatic carbocycles. The maximum Gasteiger partial charge on any atom is 0.132 e. The third-order valence-corrected chi connectivity index (χ3v) is 9.23. The first kappa shape index (κ1) is 35.6. The molecule has 2 aromatic carbocycles. The maximum absolute atomic E-state index is 5.74. The third-order valence-electron chi connectivity index (χ3n) is 9.23. The van der Waals surface area contributed by atoms with Crippen LogP contribution in [0.4, 0.5) is 0 Å². The first-order valence-electron chi connectivity index (χ1n) is 17.8. The minimum atomic E-state index is 0.630. The van der Waals surface area contributed by atoms with Crippen molar-refractivity contribution in [2.45, 2.75) is 0 Å². The fourth-order valence-corrected chi connectivity index (χ4v) is 6.59. The molecule has 0 unspecified atom stereocenters. The van der Waals surface area contributed by atoms with Gasteiger partial charge in [0.05, 0.1) is 96.5 Å². The molecule has 0 spiro atoms. The Hall–Kier alpha value is -7.46. The summed E-state index contributed by atoms with van der Waals surface area (Å²) >= 11 is 0. The monoisotopic (exact) mass is 736 g/mol. The molecule has 274 valence electrons. The molecule has 0 fully saturated rings. The van der Waals surface area contributed by atoms with Crippen molar-refractivity contribution in [2.24, 2.45) is 0 Å². The Bertz CT molecular complexity index is 2440. The zero-order chi connectivity index (χ0) is 38.4. The minimum Gasteiger partial charge on any atom is -0.496 e. The number of pyridine rings is 6. The van der Waals surface area contributed by atoms with Crippen LogP contribution in [0.2, 0.25) is 0 Å². The van der Waals surface area contributed by atoms with E-state index in [9.17, 15) is 0 Å². The smallest absolute Gasteiger partial charge is 0.132 e. The molecule has 0 aliphatic rings. The number of hydrogen-bond acceptors (Lipinski definition) is 10. The highest BCUT2D eigenvalue weighted by atomic mass is 16.5. The fourth-order valence-electron chi connectivity index (χ4n) is 6.59. The molecule has 0 saturated carbocycles. The van der Waals surface area contributed by atoms with E-state index in [1.165, 1.54) is 0 Å². The van der Waals surface area contributed by atoms with Crippen LogP contribution in [0.1, 0.15) is 0 Å². The second-order valence-corrected chi connectivity index (χ2v) is 12.6. The summed E-state index contributed by atoms with van der Waals surface area (Å²) in [5, 5.41) is 0. The summed E-state index contributed by atoms with van der Waals surface area (Å²) in [5.74, 6) is 2.57. The quantitative estimate of drug-likeness (QED) is 0.127. The third kappa shape index (κ3) is 7.11. The highest BCUT2D eigenvalue weighted by molar-refractivity contribution is 5.82. The Morgan fingerprint density at radius 3 is 0.946 bits per heavy atom. The Balaban J connectivity index is 1.35. The van der Waals surface area contributed by atoms with E-state index in [0.29, 0.717) is 68.5 Å². The van der Waals surface area contributed by atoms with E-state index in [1.54, 1.807) is 40.8 Å². The van der Waals surface area contributed by atoms with Crippen molar-refractivity contribution in [3.63, 3.8) is 0 Å². The summed E-state index contributed by atoms with van der Waals surface area (Å²) < 4.78 is 23.0. The molecule has 0 amide bonds. The molecule has 6 heterocycles. The van der Waals surface area contributed by atoms with Gasteiger partial charge in [0.1, 0.15) is 23.0 Å². The van der Waals surface area contributed by atoms with Crippen LogP contribution < -0.4 is 18.9 Å². The first-order chi connectivity index (χ1) is 27.6. The van der Waals surface area contributed by atoms with Crippen molar-refractivity contribution in [3.8, 4) is 102 Å². The summed E-state index contributed by atoms with van der Waals surface area (Å²) in [7, 11) is 6.53. The molecular formula is C46H36N6O4. The standard InChI is InChI=1S/C46H36N6O4/c1-53-41-19-11-20-42(54-2)45(41)35-17-9-15-33(49-35)39-27-30(29-25-37(31-13-5-7-23-47-31)51-38(26-29)32-14-6-8-24-48-32)28-40(52-39)34-16-10-18-36(50-34)46-43(55-3)21-12-22-44(46)56-4/h5-28H,1-4H3. The van der Waals surface area contributed by atoms with Gasteiger partial charge in [0.2, 0.25) is 0 Å². The molecule has 0 aliphatic heterocycles. The Kier molecular flexibility index (Phi) is 10.1. The summed E-state index contributed by atoms with van der Waals surface area (Å²) in [6.07, 6.45) is 3.52. The molecule has 8 aromatic rings. The summed E-state index contributed by atoms with van der Waals surface area (Å²) in [4.78, 5) is 29.7. The zero-order valence-corrected chi connectivity index (χ0v) is 31.2. The van der Waals surface area contributed by atoms with Crippen molar-refractivity contribution in [2.75, 3.05) is 28.4 Å². The van der Waals surface area contributed by atoms with Gasteiger partial charge in [-0.1, -0.05) is 36.4 Å². The lowest BCUT2D eigenvalue weighted by atomic mass is 10.00. The van der Waals surface area contributed by atoms with Crippen molar-refractivity contribution in [3.05, 3.63) is 146 Å². The van der Waals surface area contributed by atoms with Gasteiger partial charge in [-0.2, -0.15) is 0 Å². The van der Waals surface area contributed by atoms with Gasteiger partial charge >= 0.3 is 0 Å².